The quantitative estimate of drug-likeness (QED) is 0.583. The molecular weight excluding hydrogens is 389 g/mol. The van der Waals surface area contributed by atoms with Crippen LogP contribution in [0.15, 0.2) is 18.2 Å². The zero-order valence-electron chi connectivity index (χ0n) is 12.4. The molecule has 4 nitrogen and oxygen atoms in total. The second-order valence-corrected chi connectivity index (χ2v) is 7.44. The molecule has 4 rings (SSSR count). The fourth-order valence-corrected chi connectivity index (χ4v) is 4.19. The second-order valence-electron chi connectivity index (χ2n) is 6.42. The lowest BCUT2D eigenvalue weighted by Crippen LogP contribution is -2.34. The van der Waals surface area contributed by atoms with Gasteiger partial charge in [-0.05, 0) is 59.4 Å². The lowest BCUT2D eigenvalue weighted by Gasteiger charge is -2.26. The third kappa shape index (κ3) is 2.70. The van der Waals surface area contributed by atoms with Crippen molar-refractivity contribution in [1.29, 1.82) is 0 Å². The summed E-state index contributed by atoms with van der Waals surface area (Å²) in [7, 11) is 0. The lowest BCUT2D eigenvalue weighted by atomic mass is 9.93. The molecule has 22 heavy (non-hydrogen) atoms. The number of rotatable bonds is 3. The van der Waals surface area contributed by atoms with E-state index in [9.17, 15) is 5.11 Å². The monoisotopic (exact) mass is 409 g/mol. The molecule has 0 atom stereocenters. The Labute approximate surface area is 143 Å². The third-order valence-electron chi connectivity index (χ3n) is 4.91. The number of hydrogen-bond donors (Lipinski definition) is 3. The summed E-state index contributed by atoms with van der Waals surface area (Å²) >= 11 is 2.30. The van der Waals surface area contributed by atoms with Crippen LogP contribution >= 0.6 is 22.6 Å². The number of aliphatic hydroxyl groups is 1. The van der Waals surface area contributed by atoms with Gasteiger partial charge in [-0.25, -0.2) is 0 Å². The lowest BCUT2D eigenvalue weighted by molar-refractivity contribution is 0.116. The number of halogens is 1. The Morgan fingerprint density at radius 3 is 2.91 bits per heavy atom. The zero-order valence-corrected chi connectivity index (χ0v) is 14.6. The highest BCUT2D eigenvalue weighted by Gasteiger charge is 2.24. The summed E-state index contributed by atoms with van der Waals surface area (Å²) < 4.78 is 1.09. The Hall–Kier alpha value is -0.920. The first kappa shape index (κ1) is 14.7. The van der Waals surface area contributed by atoms with Crippen LogP contribution in [0.4, 0.5) is 0 Å². The van der Waals surface area contributed by atoms with E-state index in [4.69, 9.17) is 0 Å². The van der Waals surface area contributed by atoms with Crippen LogP contribution < -0.4 is 5.32 Å². The molecule has 1 aromatic heterocycles. The van der Waals surface area contributed by atoms with E-state index in [1.165, 1.54) is 27.9 Å². The molecule has 0 bridgehead atoms. The van der Waals surface area contributed by atoms with E-state index in [0.29, 0.717) is 6.04 Å². The number of aromatic amines is 1. The second kappa shape index (κ2) is 5.94. The summed E-state index contributed by atoms with van der Waals surface area (Å²) in [5.74, 6) is 0. The molecule has 116 valence electrons. The smallest absolute Gasteiger partial charge is 0.127 e. The number of fused-ring (bicyclic) bond motifs is 3. The van der Waals surface area contributed by atoms with Gasteiger partial charge in [-0.2, -0.15) is 5.10 Å². The standard InChI is InChI=1S/C17H20IN3O/c18-17-15-8-11-7-10(1-6-14(11)16(15)20-21-17)9-19-12-2-4-13(22)5-3-12/h1,6-7,12-13,19,22H,2-5,8-9H2,(H,20,21)/t12-,13-. The largest absolute Gasteiger partial charge is 0.393 e. The first-order chi connectivity index (χ1) is 10.7. The summed E-state index contributed by atoms with van der Waals surface area (Å²) in [6.45, 7) is 0.914. The van der Waals surface area contributed by atoms with Crippen LogP contribution in [0.3, 0.4) is 0 Å². The van der Waals surface area contributed by atoms with Crippen molar-refractivity contribution in [2.45, 2.75) is 50.8 Å². The van der Waals surface area contributed by atoms with Crippen molar-refractivity contribution in [3.8, 4) is 11.3 Å². The molecule has 1 aromatic carbocycles. The molecule has 1 fully saturated rings. The SMILES string of the molecule is O[C@H]1CC[C@H](NCc2ccc3c(c2)Cc2c(I)n[nH]c2-3)CC1. The van der Waals surface area contributed by atoms with Crippen molar-refractivity contribution in [1.82, 2.24) is 15.5 Å². The number of aliphatic hydroxyl groups excluding tert-OH is 1. The van der Waals surface area contributed by atoms with Crippen LogP contribution in [-0.2, 0) is 13.0 Å². The van der Waals surface area contributed by atoms with Gasteiger partial charge in [-0.15, -0.1) is 0 Å². The summed E-state index contributed by atoms with van der Waals surface area (Å²) in [5, 5.41) is 20.7. The maximum atomic E-state index is 9.57. The first-order valence-electron chi connectivity index (χ1n) is 7.97. The Bertz CT molecular complexity index is 689. The first-order valence-corrected chi connectivity index (χ1v) is 9.05. The van der Waals surface area contributed by atoms with Gasteiger partial charge < -0.3 is 10.4 Å². The van der Waals surface area contributed by atoms with Gasteiger partial charge >= 0.3 is 0 Å². The van der Waals surface area contributed by atoms with Crippen LogP contribution in [0.25, 0.3) is 11.3 Å². The van der Waals surface area contributed by atoms with Gasteiger partial charge in [0.1, 0.15) is 3.70 Å². The molecule has 0 aliphatic heterocycles. The van der Waals surface area contributed by atoms with E-state index in [1.807, 2.05) is 0 Å². The normalized spacial score (nSPS) is 23.4. The van der Waals surface area contributed by atoms with Crippen molar-refractivity contribution in [3.05, 3.63) is 38.6 Å². The minimum Gasteiger partial charge on any atom is -0.393 e. The molecule has 1 saturated carbocycles. The van der Waals surface area contributed by atoms with Gasteiger partial charge in [0.05, 0.1) is 11.8 Å². The minimum atomic E-state index is -0.0804. The Morgan fingerprint density at radius 2 is 2.09 bits per heavy atom. The molecule has 3 N–H and O–H groups in total. The molecule has 0 radical (unpaired) electrons. The molecular formula is C17H20IN3O. The van der Waals surface area contributed by atoms with Gasteiger partial charge in [-0.1, -0.05) is 18.2 Å². The number of nitrogens with one attached hydrogen (secondary N) is 2. The number of nitrogens with zero attached hydrogens (tertiary/aromatic N) is 1. The molecule has 0 spiro atoms. The Balaban J connectivity index is 1.43. The van der Waals surface area contributed by atoms with E-state index in [1.54, 1.807) is 0 Å². The Morgan fingerprint density at radius 1 is 1.27 bits per heavy atom. The van der Waals surface area contributed by atoms with Crippen molar-refractivity contribution in [2.75, 3.05) is 0 Å². The highest BCUT2D eigenvalue weighted by atomic mass is 127. The maximum absolute atomic E-state index is 9.57. The third-order valence-corrected chi connectivity index (χ3v) is 5.81. The predicted octanol–water partition coefficient (Wildman–Crippen LogP) is 2.98. The number of aromatic nitrogens is 2. The van der Waals surface area contributed by atoms with Crippen molar-refractivity contribution >= 4 is 22.6 Å². The van der Waals surface area contributed by atoms with Crippen molar-refractivity contribution < 1.29 is 5.11 Å². The molecule has 2 aliphatic rings. The fraction of sp³-hybridized carbons (Fsp3) is 0.471. The van der Waals surface area contributed by atoms with E-state index in [0.717, 1.165) is 42.3 Å². The van der Waals surface area contributed by atoms with Gasteiger partial charge in [0.2, 0.25) is 0 Å². The van der Waals surface area contributed by atoms with Crippen LogP contribution in [0, 0.1) is 3.70 Å². The van der Waals surface area contributed by atoms with Gasteiger partial charge in [-0.3, -0.25) is 5.10 Å². The number of hydrogen-bond acceptors (Lipinski definition) is 3. The summed E-state index contributed by atoms with van der Waals surface area (Å²) in [4.78, 5) is 0. The molecule has 0 saturated heterocycles. The van der Waals surface area contributed by atoms with Crippen LogP contribution in [0.2, 0.25) is 0 Å². The van der Waals surface area contributed by atoms with Gasteiger partial charge in [0.15, 0.2) is 0 Å². The maximum Gasteiger partial charge on any atom is 0.127 e. The van der Waals surface area contributed by atoms with Crippen LogP contribution in [-0.4, -0.2) is 27.4 Å². The fourth-order valence-electron chi connectivity index (χ4n) is 3.61. The molecule has 5 heteroatoms. The zero-order chi connectivity index (χ0) is 15.1. The summed E-state index contributed by atoms with van der Waals surface area (Å²) in [5.41, 5.74) is 6.58. The average molecular weight is 409 g/mol. The van der Waals surface area contributed by atoms with E-state index in [-0.39, 0.29) is 6.10 Å². The van der Waals surface area contributed by atoms with Gasteiger partial charge in [0.25, 0.3) is 0 Å². The molecule has 1 heterocycles. The molecule has 0 amide bonds. The van der Waals surface area contributed by atoms with Crippen molar-refractivity contribution in [2.24, 2.45) is 0 Å². The van der Waals surface area contributed by atoms with E-state index < -0.39 is 0 Å². The topological polar surface area (TPSA) is 60.9 Å². The molecule has 0 unspecified atom stereocenters. The van der Waals surface area contributed by atoms with Crippen LogP contribution in [0.1, 0.15) is 42.4 Å². The predicted molar refractivity (Wildman–Crippen MR) is 94.6 cm³/mol. The van der Waals surface area contributed by atoms with E-state index in [2.05, 4.69) is 56.3 Å². The number of benzene rings is 1. The number of H-pyrrole nitrogens is 1. The molecule has 2 aromatic rings. The van der Waals surface area contributed by atoms with Crippen molar-refractivity contribution in [3.63, 3.8) is 0 Å². The Kier molecular flexibility index (Phi) is 3.96. The van der Waals surface area contributed by atoms with E-state index >= 15 is 0 Å². The highest BCUT2D eigenvalue weighted by Crippen LogP contribution is 2.37. The molecule has 2 aliphatic carbocycles. The average Bonchev–Trinajstić information content (AvgIpc) is 3.06. The summed E-state index contributed by atoms with van der Waals surface area (Å²) in [6, 6.07) is 7.31. The minimum absolute atomic E-state index is 0.0804. The summed E-state index contributed by atoms with van der Waals surface area (Å²) in [6.07, 6.45) is 4.94. The highest BCUT2D eigenvalue weighted by molar-refractivity contribution is 14.1. The van der Waals surface area contributed by atoms with Crippen LogP contribution in [0.5, 0.6) is 0 Å². The van der Waals surface area contributed by atoms with Gasteiger partial charge in [0, 0.05) is 30.1 Å².